The van der Waals surface area contributed by atoms with E-state index in [1.165, 1.54) is 7.05 Å². The molecule has 0 aliphatic rings. The number of aldehydes is 1. The second-order valence-corrected chi connectivity index (χ2v) is 3.13. The summed E-state index contributed by atoms with van der Waals surface area (Å²) in [5.41, 5.74) is 5.91. The molecule has 5 heteroatoms. The number of nitrogens with two attached hydrogens (primary N) is 1. The number of hydrogen-bond donors (Lipinski definition) is 1. The lowest BCUT2D eigenvalue weighted by Crippen LogP contribution is -2.30. The summed E-state index contributed by atoms with van der Waals surface area (Å²) < 4.78 is 0. The van der Waals surface area contributed by atoms with E-state index in [4.69, 9.17) is 10.6 Å². The first-order valence-electron chi connectivity index (χ1n) is 6.86. The molecule has 114 valence electrons. The van der Waals surface area contributed by atoms with Gasteiger partial charge in [-0.15, -0.1) is 0 Å². The topological polar surface area (TPSA) is 72.6 Å². The first kappa shape index (κ1) is 20.6. The highest BCUT2D eigenvalue weighted by Crippen LogP contribution is 2.09. The minimum atomic E-state index is -0.365. The third-order valence-electron chi connectivity index (χ3n) is 2.01. The van der Waals surface area contributed by atoms with Gasteiger partial charge in [-0.1, -0.05) is 45.9 Å². The number of carbonyl (C=O) groups is 2. The molecular weight excluding hydrogens is 256 g/mol. The van der Waals surface area contributed by atoms with Crippen LogP contribution in [0.25, 0.3) is 0 Å². The molecule has 0 radical (unpaired) electrons. The van der Waals surface area contributed by atoms with Crippen molar-refractivity contribution in [2.45, 2.75) is 27.7 Å². The van der Waals surface area contributed by atoms with Gasteiger partial charge >= 0.3 is 0 Å². The van der Waals surface area contributed by atoms with Crippen molar-refractivity contribution in [3.05, 3.63) is 35.4 Å². The molecule has 1 rings (SSSR count). The van der Waals surface area contributed by atoms with Gasteiger partial charge in [-0.05, 0) is 6.07 Å². The fourth-order valence-electron chi connectivity index (χ4n) is 1.21. The van der Waals surface area contributed by atoms with Crippen molar-refractivity contribution in [1.29, 1.82) is 0 Å². The van der Waals surface area contributed by atoms with Gasteiger partial charge in [0.05, 0.1) is 12.2 Å². The number of nitrogens with zero attached hydrogens (tertiary/aromatic N) is 1. The van der Waals surface area contributed by atoms with Crippen LogP contribution < -0.4 is 5.73 Å². The van der Waals surface area contributed by atoms with Crippen molar-refractivity contribution in [3.8, 4) is 0 Å². The standard InChI is InChI=1S/C11H14N2O3.2C2H6/c1-13(16-7-6-12)11(15)10-5-3-2-4-9(10)8-14;2*1-2/h2-5,8H,6-7,12H2,1H3;2*1-2H3. The normalized spacial score (nSPS) is 8.50. The maximum atomic E-state index is 11.8. The molecule has 0 aromatic heterocycles. The molecule has 1 amide bonds. The number of hydroxylamine groups is 2. The molecule has 0 spiro atoms. The second-order valence-electron chi connectivity index (χ2n) is 3.13. The zero-order chi connectivity index (χ0) is 16.0. The first-order valence-corrected chi connectivity index (χ1v) is 6.86. The Morgan fingerprint density at radius 2 is 1.80 bits per heavy atom. The summed E-state index contributed by atoms with van der Waals surface area (Å²) in [5.74, 6) is -0.365. The van der Waals surface area contributed by atoms with Gasteiger partial charge in [-0.2, -0.15) is 0 Å². The molecule has 0 heterocycles. The molecule has 20 heavy (non-hydrogen) atoms. The predicted molar refractivity (Wildman–Crippen MR) is 81.6 cm³/mol. The van der Waals surface area contributed by atoms with E-state index in [2.05, 4.69) is 0 Å². The van der Waals surface area contributed by atoms with Gasteiger partial charge in [0.25, 0.3) is 5.91 Å². The Kier molecular flexibility index (Phi) is 14.1. The van der Waals surface area contributed by atoms with Gasteiger partial charge < -0.3 is 5.73 Å². The molecule has 1 aromatic carbocycles. The fourth-order valence-corrected chi connectivity index (χ4v) is 1.21. The molecule has 0 saturated carbocycles. The van der Waals surface area contributed by atoms with Gasteiger partial charge in [-0.3, -0.25) is 14.4 Å². The van der Waals surface area contributed by atoms with Crippen LogP contribution in [0.4, 0.5) is 0 Å². The number of rotatable bonds is 5. The molecule has 0 unspecified atom stereocenters. The largest absolute Gasteiger partial charge is 0.328 e. The first-order chi connectivity index (χ1) is 9.70. The molecule has 0 fully saturated rings. The van der Waals surface area contributed by atoms with Crippen LogP contribution in [-0.4, -0.2) is 37.5 Å². The maximum absolute atomic E-state index is 11.8. The van der Waals surface area contributed by atoms with E-state index < -0.39 is 0 Å². The molecule has 0 atom stereocenters. The molecule has 0 bridgehead atoms. The highest BCUT2D eigenvalue weighted by atomic mass is 16.7. The van der Waals surface area contributed by atoms with Crippen molar-refractivity contribution in [2.75, 3.05) is 20.2 Å². The van der Waals surface area contributed by atoms with E-state index in [1.807, 2.05) is 27.7 Å². The molecule has 0 aliphatic carbocycles. The van der Waals surface area contributed by atoms with E-state index in [1.54, 1.807) is 24.3 Å². The second kappa shape index (κ2) is 13.7. The Hall–Kier alpha value is -1.72. The number of hydrogen-bond acceptors (Lipinski definition) is 4. The van der Waals surface area contributed by atoms with Crippen molar-refractivity contribution in [2.24, 2.45) is 5.73 Å². The van der Waals surface area contributed by atoms with Crippen molar-refractivity contribution in [1.82, 2.24) is 5.06 Å². The summed E-state index contributed by atoms with van der Waals surface area (Å²) in [4.78, 5) is 27.6. The van der Waals surface area contributed by atoms with Crippen LogP contribution in [0.15, 0.2) is 24.3 Å². The van der Waals surface area contributed by atoms with Crippen LogP contribution >= 0.6 is 0 Å². The summed E-state index contributed by atoms with van der Waals surface area (Å²) >= 11 is 0. The molecule has 0 saturated heterocycles. The SMILES string of the molecule is CC.CC.CN(OCCN)C(=O)c1ccccc1C=O. The Balaban J connectivity index is 0. The lowest BCUT2D eigenvalue weighted by Gasteiger charge is -2.16. The summed E-state index contributed by atoms with van der Waals surface area (Å²) in [6, 6.07) is 6.55. The Bertz CT molecular complexity index is 381. The highest BCUT2D eigenvalue weighted by molar-refractivity contribution is 6.00. The third kappa shape index (κ3) is 7.01. The lowest BCUT2D eigenvalue weighted by molar-refractivity contribution is -0.102. The van der Waals surface area contributed by atoms with Crippen LogP contribution in [0.3, 0.4) is 0 Å². The van der Waals surface area contributed by atoms with Gasteiger partial charge in [0.15, 0.2) is 6.29 Å². The fraction of sp³-hybridized carbons (Fsp3) is 0.467. The van der Waals surface area contributed by atoms with Gasteiger partial charge in [-0.25, -0.2) is 5.06 Å². The molecule has 0 aliphatic heterocycles. The monoisotopic (exact) mass is 282 g/mol. The maximum Gasteiger partial charge on any atom is 0.277 e. The van der Waals surface area contributed by atoms with E-state index >= 15 is 0 Å². The molecular formula is C15H26N2O3. The van der Waals surface area contributed by atoms with Crippen molar-refractivity contribution < 1.29 is 14.4 Å². The van der Waals surface area contributed by atoms with Gasteiger partial charge in [0, 0.05) is 19.2 Å². The average molecular weight is 282 g/mol. The molecule has 5 nitrogen and oxygen atoms in total. The zero-order valence-corrected chi connectivity index (χ0v) is 13.1. The quantitative estimate of drug-likeness (QED) is 0.665. The Labute approximate surface area is 121 Å². The summed E-state index contributed by atoms with van der Waals surface area (Å²) in [5, 5.41) is 1.08. The van der Waals surface area contributed by atoms with E-state index in [9.17, 15) is 9.59 Å². The third-order valence-corrected chi connectivity index (χ3v) is 2.01. The smallest absolute Gasteiger partial charge is 0.277 e. The van der Waals surface area contributed by atoms with E-state index in [0.29, 0.717) is 24.0 Å². The summed E-state index contributed by atoms with van der Waals surface area (Å²) in [6.07, 6.45) is 0.643. The average Bonchev–Trinajstić information content (AvgIpc) is 2.55. The van der Waals surface area contributed by atoms with E-state index in [0.717, 1.165) is 5.06 Å². The van der Waals surface area contributed by atoms with Crippen LogP contribution in [0.2, 0.25) is 0 Å². The summed E-state index contributed by atoms with van der Waals surface area (Å²) in [6.45, 7) is 8.58. The lowest BCUT2D eigenvalue weighted by atomic mass is 10.1. The molecule has 2 N–H and O–H groups in total. The molecule has 1 aromatic rings. The Morgan fingerprint density at radius 1 is 1.25 bits per heavy atom. The van der Waals surface area contributed by atoms with Gasteiger partial charge in [0.1, 0.15) is 0 Å². The highest BCUT2D eigenvalue weighted by Gasteiger charge is 2.15. The predicted octanol–water partition coefficient (Wildman–Crippen LogP) is 2.51. The minimum absolute atomic E-state index is 0.255. The number of amides is 1. The van der Waals surface area contributed by atoms with Crippen molar-refractivity contribution >= 4 is 12.2 Å². The van der Waals surface area contributed by atoms with Crippen LogP contribution in [-0.2, 0) is 4.84 Å². The van der Waals surface area contributed by atoms with E-state index in [-0.39, 0.29) is 12.5 Å². The van der Waals surface area contributed by atoms with Crippen molar-refractivity contribution in [3.63, 3.8) is 0 Å². The van der Waals surface area contributed by atoms with Gasteiger partial charge in [0.2, 0.25) is 0 Å². The summed E-state index contributed by atoms with van der Waals surface area (Å²) in [7, 11) is 1.49. The number of carbonyl (C=O) groups excluding carboxylic acids is 2. The number of benzene rings is 1. The van der Waals surface area contributed by atoms with Crippen LogP contribution in [0, 0.1) is 0 Å². The minimum Gasteiger partial charge on any atom is -0.328 e. The Morgan fingerprint density at radius 3 is 2.30 bits per heavy atom. The van der Waals surface area contributed by atoms with Crippen LogP contribution in [0.5, 0.6) is 0 Å². The van der Waals surface area contributed by atoms with Crippen LogP contribution in [0.1, 0.15) is 48.4 Å². The zero-order valence-electron chi connectivity index (χ0n) is 13.1.